The highest BCUT2D eigenvalue weighted by atomic mass is 31.2. The zero-order valence-electron chi connectivity index (χ0n) is 54.6. The van der Waals surface area contributed by atoms with Crippen molar-refractivity contribution in [3.8, 4) is 0 Å². The molecule has 0 amide bonds. The van der Waals surface area contributed by atoms with Crippen LogP contribution >= 0.6 is 7.82 Å². The molecule has 0 aromatic heterocycles. The van der Waals surface area contributed by atoms with Crippen molar-refractivity contribution in [3.05, 3.63) is 134 Å². The van der Waals surface area contributed by atoms with Crippen molar-refractivity contribution < 1.29 is 42.1 Å². The van der Waals surface area contributed by atoms with Gasteiger partial charge < -0.3 is 27.9 Å². The quantitative estimate of drug-likeness (QED) is 0.0195. The molecule has 0 N–H and O–H groups in total. The summed E-state index contributed by atoms with van der Waals surface area (Å²) in [6.07, 6.45) is 92.4. The molecule has 0 rings (SSSR count). The van der Waals surface area contributed by atoms with E-state index in [-0.39, 0.29) is 26.1 Å². The molecule has 0 aromatic rings. The second kappa shape index (κ2) is 63.6. The Labute approximate surface area is 517 Å². The van der Waals surface area contributed by atoms with Crippen LogP contribution in [-0.2, 0) is 32.7 Å². The number of hydrogen-bond acceptors (Lipinski definition) is 8. The third-order valence-electron chi connectivity index (χ3n) is 14.2. The summed E-state index contributed by atoms with van der Waals surface area (Å²) in [6.45, 7) is 3.99. The first kappa shape index (κ1) is 80.2. The fourth-order valence-corrected chi connectivity index (χ4v) is 9.77. The van der Waals surface area contributed by atoms with E-state index < -0.39 is 32.5 Å². The van der Waals surface area contributed by atoms with E-state index in [1.807, 2.05) is 21.1 Å². The molecule has 0 bridgehead atoms. The normalized spacial score (nSPS) is 14.0. The summed E-state index contributed by atoms with van der Waals surface area (Å²) in [5, 5.41) is 0. The molecular formula is C74H126NO8P. The van der Waals surface area contributed by atoms with Gasteiger partial charge in [0.15, 0.2) is 6.10 Å². The van der Waals surface area contributed by atoms with Crippen molar-refractivity contribution in [3.63, 3.8) is 0 Å². The fourth-order valence-electron chi connectivity index (χ4n) is 9.04. The predicted molar refractivity (Wildman–Crippen MR) is 360 cm³/mol. The van der Waals surface area contributed by atoms with Crippen LogP contribution in [0.2, 0.25) is 0 Å². The first-order valence-corrected chi connectivity index (χ1v) is 35.4. The molecule has 0 aliphatic heterocycles. The summed E-state index contributed by atoms with van der Waals surface area (Å²) in [5.74, 6) is -0.855. The van der Waals surface area contributed by atoms with Crippen LogP contribution in [0, 0.1) is 0 Å². The Morgan fingerprint density at radius 2 is 0.643 bits per heavy atom. The van der Waals surface area contributed by atoms with Crippen molar-refractivity contribution in [2.45, 2.75) is 277 Å². The number of allylic oxidation sites excluding steroid dienone is 22. The van der Waals surface area contributed by atoms with Gasteiger partial charge in [-0.1, -0.05) is 282 Å². The highest BCUT2D eigenvalue weighted by Crippen LogP contribution is 2.38. The molecule has 0 spiro atoms. The van der Waals surface area contributed by atoms with Crippen LogP contribution in [-0.4, -0.2) is 70.0 Å². The number of phosphoric acid groups is 1. The molecule has 0 radical (unpaired) electrons. The SMILES string of the molecule is CC/C=C\C/C=C\C/C=C\C/C=C\C/C=C\C/C=C\CCCCCCCCCCCCCCCCCCCCCCC(=O)OC(COC(=O)CCCCCCC/C=C\C/C=C\C/C=C\C/C=C\C/C=C\CC)COP(=O)([O-])OCC[N+](C)(C)C. The molecule has 2 atom stereocenters. The third kappa shape index (κ3) is 67.3. The van der Waals surface area contributed by atoms with E-state index in [1.165, 1.54) is 109 Å². The van der Waals surface area contributed by atoms with Gasteiger partial charge in [-0.25, -0.2) is 0 Å². The van der Waals surface area contributed by atoms with Crippen LogP contribution in [0.1, 0.15) is 271 Å². The number of nitrogens with zero attached hydrogens (tertiary/aromatic N) is 1. The Hall–Kier alpha value is -3.85. The zero-order chi connectivity index (χ0) is 61.2. The molecule has 0 aromatic carbocycles. The Morgan fingerprint density at radius 1 is 0.369 bits per heavy atom. The molecular weight excluding hydrogens is 1060 g/mol. The summed E-state index contributed by atoms with van der Waals surface area (Å²) in [6, 6.07) is 0. The minimum Gasteiger partial charge on any atom is -0.756 e. The molecule has 2 unspecified atom stereocenters. The Bertz CT molecular complexity index is 1880. The highest BCUT2D eigenvalue weighted by molar-refractivity contribution is 7.45. The maximum Gasteiger partial charge on any atom is 0.306 e. The van der Waals surface area contributed by atoms with Gasteiger partial charge in [0.1, 0.15) is 19.8 Å². The van der Waals surface area contributed by atoms with Gasteiger partial charge in [0, 0.05) is 12.8 Å². The minimum absolute atomic E-state index is 0.0390. The van der Waals surface area contributed by atoms with Gasteiger partial charge in [-0.05, 0) is 109 Å². The molecule has 0 aliphatic rings. The van der Waals surface area contributed by atoms with E-state index in [9.17, 15) is 19.0 Å². The zero-order valence-corrected chi connectivity index (χ0v) is 55.4. The average molecular weight is 1190 g/mol. The molecule has 10 heteroatoms. The second-order valence-electron chi connectivity index (χ2n) is 23.4. The van der Waals surface area contributed by atoms with Crippen molar-refractivity contribution in [2.24, 2.45) is 0 Å². The second-order valence-corrected chi connectivity index (χ2v) is 24.8. The van der Waals surface area contributed by atoms with Crippen LogP contribution in [0.3, 0.4) is 0 Å². The number of phosphoric ester groups is 1. The standard InChI is InChI=1S/C74H126NO8P/c1-6-8-10-12-14-16-18-20-22-24-26-28-29-30-31-32-33-34-35-36-37-38-39-40-41-42-43-44-45-47-49-51-53-55-57-59-61-63-65-67-74(77)83-72(71-82-84(78,79)81-69-68-75(3,4)5)70-80-73(76)66-64-62-60-58-56-54-52-50-48-46-27-25-23-21-19-17-15-13-11-9-7-2/h8-11,14-17,20-23,26-28,30-31,33-34,46,50,52,72H,6-7,12-13,18-19,24-25,29,32,35-45,47-49,51,53-71H2,1-5H3/b10-8-,11-9-,16-14-,17-15-,22-20-,23-21-,28-26-,31-30-,34-33-,46-27-,52-50-. The summed E-state index contributed by atoms with van der Waals surface area (Å²) in [5.41, 5.74) is 0. The van der Waals surface area contributed by atoms with E-state index in [0.29, 0.717) is 23.9 Å². The Balaban J connectivity index is 4.03. The topological polar surface area (TPSA) is 111 Å². The van der Waals surface area contributed by atoms with Gasteiger partial charge in [0.25, 0.3) is 7.82 Å². The van der Waals surface area contributed by atoms with Crippen LogP contribution in [0.25, 0.3) is 0 Å². The van der Waals surface area contributed by atoms with Crippen molar-refractivity contribution >= 4 is 19.8 Å². The van der Waals surface area contributed by atoms with Gasteiger partial charge in [-0.3, -0.25) is 14.2 Å². The lowest BCUT2D eigenvalue weighted by molar-refractivity contribution is -0.870. The molecule has 0 fully saturated rings. The average Bonchev–Trinajstić information content (AvgIpc) is 3.61. The number of rotatable bonds is 61. The van der Waals surface area contributed by atoms with E-state index >= 15 is 0 Å². The van der Waals surface area contributed by atoms with Crippen molar-refractivity contribution in [1.29, 1.82) is 0 Å². The summed E-state index contributed by atoms with van der Waals surface area (Å²) < 4.78 is 34.2. The molecule has 84 heavy (non-hydrogen) atoms. The third-order valence-corrected chi connectivity index (χ3v) is 15.1. The number of esters is 2. The Morgan fingerprint density at radius 3 is 0.952 bits per heavy atom. The first-order chi connectivity index (χ1) is 41.0. The predicted octanol–water partition coefficient (Wildman–Crippen LogP) is 21.4. The number of likely N-dealkylation sites (N-methyl/N-ethyl adjacent to an activating group) is 1. The van der Waals surface area contributed by atoms with Crippen molar-refractivity contribution in [1.82, 2.24) is 0 Å². The number of ether oxygens (including phenoxy) is 2. The van der Waals surface area contributed by atoms with Gasteiger partial charge in [0.2, 0.25) is 0 Å². The smallest absolute Gasteiger partial charge is 0.306 e. The van der Waals surface area contributed by atoms with Crippen molar-refractivity contribution in [2.75, 3.05) is 47.5 Å². The fraction of sp³-hybridized carbons (Fsp3) is 0.676. The lowest BCUT2D eigenvalue weighted by atomic mass is 10.0. The maximum atomic E-state index is 12.9. The van der Waals surface area contributed by atoms with Gasteiger partial charge in [-0.15, -0.1) is 0 Å². The Kier molecular flexibility index (Phi) is 60.7. The number of quaternary nitrogens is 1. The summed E-state index contributed by atoms with van der Waals surface area (Å²) >= 11 is 0. The summed E-state index contributed by atoms with van der Waals surface area (Å²) in [7, 11) is 1.15. The maximum absolute atomic E-state index is 12.9. The van der Waals surface area contributed by atoms with Gasteiger partial charge >= 0.3 is 11.9 Å². The number of carbonyl (C=O) groups is 2. The first-order valence-electron chi connectivity index (χ1n) is 33.9. The molecule has 9 nitrogen and oxygen atoms in total. The summed E-state index contributed by atoms with van der Waals surface area (Å²) in [4.78, 5) is 38.0. The van der Waals surface area contributed by atoms with E-state index in [4.69, 9.17) is 18.5 Å². The highest BCUT2D eigenvalue weighted by Gasteiger charge is 2.22. The van der Waals surface area contributed by atoms with Crippen LogP contribution in [0.5, 0.6) is 0 Å². The number of unbranched alkanes of at least 4 members (excludes halogenated alkanes) is 25. The molecule has 0 saturated heterocycles. The lowest BCUT2D eigenvalue weighted by Gasteiger charge is -2.28. The minimum atomic E-state index is -4.65. The number of hydrogen-bond donors (Lipinski definition) is 0. The molecule has 0 aliphatic carbocycles. The lowest BCUT2D eigenvalue weighted by Crippen LogP contribution is -2.37. The van der Waals surface area contributed by atoms with Crippen LogP contribution in [0.4, 0.5) is 0 Å². The number of carbonyl (C=O) groups excluding carboxylic acids is 2. The van der Waals surface area contributed by atoms with Crippen LogP contribution in [0.15, 0.2) is 134 Å². The largest absolute Gasteiger partial charge is 0.756 e. The van der Waals surface area contributed by atoms with E-state index in [2.05, 4.69) is 148 Å². The van der Waals surface area contributed by atoms with E-state index in [1.54, 1.807) is 0 Å². The van der Waals surface area contributed by atoms with Gasteiger partial charge in [0.05, 0.1) is 27.7 Å². The molecule has 480 valence electrons. The molecule has 0 heterocycles. The monoisotopic (exact) mass is 1190 g/mol. The molecule has 0 saturated carbocycles. The van der Waals surface area contributed by atoms with Gasteiger partial charge in [-0.2, -0.15) is 0 Å². The van der Waals surface area contributed by atoms with E-state index in [0.717, 1.165) is 122 Å². The van der Waals surface area contributed by atoms with Crippen LogP contribution < -0.4 is 4.89 Å².